The van der Waals surface area contributed by atoms with Crippen molar-refractivity contribution in [1.29, 1.82) is 0 Å². The highest BCUT2D eigenvalue weighted by Gasteiger charge is 2.18. The van der Waals surface area contributed by atoms with Crippen molar-refractivity contribution in [3.8, 4) is 5.75 Å². The average Bonchev–Trinajstić information content (AvgIpc) is 2.66. The minimum atomic E-state index is -0.564. The van der Waals surface area contributed by atoms with Crippen LogP contribution in [0, 0.1) is 13.8 Å². The molecule has 0 aliphatic heterocycles. The molecule has 0 unspecified atom stereocenters. The molecule has 0 aliphatic rings. The maximum absolute atomic E-state index is 13.1. The zero-order chi connectivity index (χ0) is 22.8. The second kappa shape index (κ2) is 8.63. The third-order valence-corrected chi connectivity index (χ3v) is 4.72. The Balaban J connectivity index is 1.98. The smallest absolute Gasteiger partial charge is 0.336 e. The fourth-order valence-corrected chi connectivity index (χ4v) is 2.97. The zero-order valence-corrected chi connectivity index (χ0v) is 18.4. The molecular weight excluding hydrogens is 394 g/mol. The van der Waals surface area contributed by atoms with Gasteiger partial charge in [-0.2, -0.15) is 5.10 Å². The Morgan fingerprint density at radius 1 is 1.06 bits per heavy atom. The van der Waals surface area contributed by atoms with Crippen LogP contribution in [-0.2, 0) is 11.2 Å². The molecule has 0 aliphatic carbocycles. The third-order valence-electron chi connectivity index (χ3n) is 4.72. The molecule has 7 nitrogen and oxygen atoms in total. The molecule has 0 atom stereocenters. The summed E-state index contributed by atoms with van der Waals surface area (Å²) in [5.41, 5.74) is 5.98. The maximum atomic E-state index is 13.1. The lowest BCUT2D eigenvalue weighted by molar-refractivity contribution is -0.110. The van der Waals surface area contributed by atoms with Crippen molar-refractivity contribution in [2.45, 2.75) is 46.6 Å². The van der Waals surface area contributed by atoms with Crippen LogP contribution in [0.3, 0.4) is 0 Å². The molecule has 0 radical (unpaired) electrons. The maximum Gasteiger partial charge on any atom is 0.336 e. The van der Waals surface area contributed by atoms with Gasteiger partial charge in [-0.25, -0.2) is 4.79 Å². The van der Waals surface area contributed by atoms with Gasteiger partial charge in [-0.15, -0.1) is 0 Å². The van der Waals surface area contributed by atoms with Crippen LogP contribution >= 0.6 is 0 Å². The summed E-state index contributed by atoms with van der Waals surface area (Å²) in [7, 11) is 0. The number of carbonyl (C=O) groups excluding carboxylic acids is 1. The molecule has 1 amide bonds. The van der Waals surface area contributed by atoms with Gasteiger partial charge < -0.3 is 20.3 Å². The number of hydrogen-bond donors (Lipinski definition) is 3. The highest BCUT2D eigenvalue weighted by atomic mass is 16.4. The summed E-state index contributed by atoms with van der Waals surface area (Å²) >= 11 is 0. The molecule has 0 bridgehead atoms. The number of phenolic OH excluding ortho intramolecular Hbond substituents is 1. The van der Waals surface area contributed by atoms with Gasteiger partial charge in [0.05, 0.1) is 0 Å². The number of carbonyl (C=O) groups is 1. The molecule has 1 heterocycles. The molecule has 162 valence electrons. The van der Waals surface area contributed by atoms with Gasteiger partial charge in [-0.3, -0.25) is 4.79 Å². The van der Waals surface area contributed by atoms with E-state index in [0.29, 0.717) is 16.6 Å². The molecule has 3 aromatic rings. The van der Waals surface area contributed by atoms with Crippen molar-refractivity contribution in [3.05, 3.63) is 69.6 Å². The van der Waals surface area contributed by atoms with Crippen molar-refractivity contribution >= 4 is 28.3 Å². The summed E-state index contributed by atoms with van der Waals surface area (Å²) in [6.07, 6.45) is 0.104. The number of nitrogens with zero attached hydrogens (tertiary/aromatic N) is 1. The minimum Gasteiger partial charge on any atom is -0.508 e. The second-order valence-electron chi connectivity index (χ2n) is 8.62. The lowest BCUT2D eigenvalue weighted by Gasteiger charge is -2.19. The van der Waals surface area contributed by atoms with E-state index in [9.17, 15) is 14.7 Å². The summed E-state index contributed by atoms with van der Waals surface area (Å²) in [5.74, 6) is -0.385. The first-order chi connectivity index (χ1) is 14.5. The number of amides is 1. The number of anilines is 1. The highest BCUT2D eigenvalue weighted by Crippen LogP contribution is 2.23. The van der Waals surface area contributed by atoms with Gasteiger partial charge in [0.1, 0.15) is 17.0 Å². The first-order valence-corrected chi connectivity index (χ1v) is 10.00. The van der Waals surface area contributed by atoms with E-state index in [1.165, 1.54) is 18.2 Å². The van der Waals surface area contributed by atoms with E-state index >= 15 is 0 Å². The van der Waals surface area contributed by atoms with Crippen LogP contribution in [0.15, 0.2) is 56.8 Å². The Kier molecular flexibility index (Phi) is 6.15. The molecule has 0 saturated carbocycles. The van der Waals surface area contributed by atoms with Crippen LogP contribution in [-0.4, -0.2) is 22.3 Å². The number of fused-ring (bicyclic) bond motifs is 1. The van der Waals surface area contributed by atoms with E-state index in [0.717, 1.165) is 11.1 Å². The van der Waals surface area contributed by atoms with E-state index in [4.69, 9.17) is 4.42 Å². The predicted molar refractivity (Wildman–Crippen MR) is 123 cm³/mol. The zero-order valence-electron chi connectivity index (χ0n) is 18.4. The van der Waals surface area contributed by atoms with Gasteiger partial charge in [0.2, 0.25) is 0 Å². The van der Waals surface area contributed by atoms with Gasteiger partial charge in [0.15, 0.2) is 0 Å². The number of aryl methyl sites for hydroxylation is 2. The molecule has 31 heavy (non-hydrogen) atoms. The van der Waals surface area contributed by atoms with E-state index in [2.05, 4.69) is 15.8 Å². The van der Waals surface area contributed by atoms with Crippen LogP contribution in [0.25, 0.3) is 11.0 Å². The van der Waals surface area contributed by atoms with Crippen molar-refractivity contribution in [2.24, 2.45) is 5.10 Å². The Morgan fingerprint density at radius 2 is 1.81 bits per heavy atom. The Hall–Kier alpha value is -3.61. The number of aromatic hydroxyl groups is 1. The second-order valence-corrected chi connectivity index (χ2v) is 8.62. The van der Waals surface area contributed by atoms with Crippen LogP contribution in [0.5, 0.6) is 5.75 Å². The van der Waals surface area contributed by atoms with E-state index in [1.54, 1.807) is 6.07 Å². The summed E-state index contributed by atoms with van der Waals surface area (Å²) in [6, 6.07) is 11.6. The highest BCUT2D eigenvalue weighted by molar-refractivity contribution is 6.43. The fraction of sp³-hybridized carbons (Fsp3) is 0.292. The number of nitrogens with one attached hydrogen (secondary N) is 2. The molecule has 0 fully saturated rings. The monoisotopic (exact) mass is 421 g/mol. The van der Waals surface area contributed by atoms with Gasteiger partial charge >= 0.3 is 5.63 Å². The molecule has 3 N–H and O–H groups in total. The first-order valence-electron chi connectivity index (χ1n) is 10.00. The van der Waals surface area contributed by atoms with Crippen molar-refractivity contribution in [3.63, 3.8) is 0 Å². The molecule has 7 heteroatoms. The number of hydrazone groups is 1. The largest absolute Gasteiger partial charge is 0.508 e. The SMILES string of the molecule is Cc1ccc(NC(=O)/C(Cc2cc(=O)oc3cc(O)ccc23)=N/NC(C)(C)C)cc1C. The van der Waals surface area contributed by atoms with Crippen LogP contribution < -0.4 is 16.4 Å². The van der Waals surface area contributed by atoms with E-state index in [-0.39, 0.29) is 34.9 Å². The molecule has 0 spiro atoms. The number of rotatable bonds is 5. The van der Waals surface area contributed by atoms with Gasteiger partial charge in [-0.1, -0.05) is 6.07 Å². The van der Waals surface area contributed by atoms with Crippen LogP contribution in [0.2, 0.25) is 0 Å². The Morgan fingerprint density at radius 3 is 2.48 bits per heavy atom. The standard InChI is InChI=1S/C24H27N3O4/c1-14-6-7-17(10-15(14)2)25-23(30)20(26-27-24(3,4)5)11-16-12-22(29)31-21-13-18(28)8-9-19(16)21/h6-10,12-13,27-28H,11H2,1-5H3,(H,25,30)/b26-20+. The number of hydrogen-bond acceptors (Lipinski definition) is 6. The average molecular weight is 421 g/mol. The van der Waals surface area contributed by atoms with Gasteiger partial charge in [-0.05, 0) is 75.6 Å². The van der Waals surface area contributed by atoms with Crippen molar-refractivity contribution in [2.75, 3.05) is 5.32 Å². The minimum absolute atomic E-state index is 0.0106. The van der Waals surface area contributed by atoms with E-state index < -0.39 is 5.63 Å². The van der Waals surface area contributed by atoms with Gasteiger partial charge in [0, 0.05) is 35.2 Å². The number of benzene rings is 2. The molecule has 1 aromatic heterocycles. The molecule has 0 saturated heterocycles. The Bertz CT molecular complexity index is 1220. The topological polar surface area (TPSA) is 104 Å². The van der Waals surface area contributed by atoms with Crippen LogP contribution in [0.4, 0.5) is 5.69 Å². The Labute approximate surface area is 180 Å². The summed E-state index contributed by atoms with van der Waals surface area (Å²) in [6.45, 7) is 9.79. The summed E-state index contributed by atoms with van der Waals surface area (Å²) in [4.78, 5) is 25.1. The third kappa shape index (κ3) is 5.72. The molecular formula is C24H27N3O4. The quantitative estimate of drug-likeness (QED) is 0.328. The van der Waals surface area contributed by atoms with Crippen LogP contribution in [0.1, 0.15) is 37.5 Å². The summed E-state index contributed by atoms with van der Waals surface area (Å²) in [5, 5.41) is 17.6. The van der Waals surface area contributed by atoms with Gasteiger partial charge in [0.25, 0.3) is 5.91 Å². The normalized spacial score (nSPS) is 12.1. The fourth-order valence-electron chi connectivity index (χ4n) is 2.97. The lowest BCUT2D eigenvalue weighted by Crippen LogP contribution is -2.35. The van der Waals surface area contributed by atoms with Crippen molar-refractivity contribution in [1.82, 2.24) is 5.43 Å². The number of phenols is 1. The lowest BCUT2D eigenvalue weighted by atomic mass is 10.0. The first kappa shape index (κ1) is 22.1. The molecule has 2 aromatic carbocycles. The van der Waals surface area contributed by atoms with E-state index in [1.807, 2.05) is 52.8 Å². The summed E-state index contributed by atoms with van der Waals surface area (Å²) < 4.78 is 5.19. The predicted octanol–water partition coefficient (Wildman–Crippen LogP) is 4.04. The molecule has 3 rings (SSSR count). The van der Waals surface area contributed by atoms with Crippen molar-refractivity contribution < 1.29 is 14.3 Å².